The fraction of sp³-hybridized carbons (Fsp3) is 0.500. The summed E-state index contributed by atoms with van der Waals surface area (Å²) in [4.78, 5) is 12.8. The average Bonchev–Trinajstić information content (AvgIpc) is 2.65. The molecular weight excluding hydrogens is 245 g/mol. The highest BCUT2D eigenvalue weighted by atomic mass is 19.4. The van der Waals surface area contributed by atoms with E-state index in [4.69, 9.17) is 25.2 Å². The van der Waals surface area contributed by atoms with Crippen LogP contribution in [-0.4, -0.2) is 27.3 Å². The molecule has 0 aliphatic carbocycles. The molecule has 0 aliphatic rings. The Morgan fingerprint density at radius 2 is 2.12 bits per heavy atom. The van der Waals surface area contributed by atoms with Crippen LogP contribution in [0.1, 0.15) is 24.6 Å². The van der Waals surface area contributed by atoms with Crippen molar-refractivity contribution < 1.29 is 32.6 Å². The van der Waals surface area contributed by atoms with E-state index >= 15 is 0 Å². The molecule has 0 bridgehead atoms. The van der Waals surface area contributed by atoms with Crippen LogP contribution in [0.4, 0.5) is 13.2 Å². The van der Waals surface area contributed by atoms with Crippen molar-refractivity contribution >= 4 is 5.97 Å². The lowest BCUT2D eigenvalue weighted by atomic mass is 10.4. The highest BCUT2D eigenvalue weighted by molar-refractivity contribution is 5.73. The van der Waals surface area contributed by atoms with Crippen molar-refractivity contribution in [2.24, 2.45) is 5.73 Å². The summed E-state index contributed by atoms with van der Waals surface area (Å²) < 4.78 is 36.7. The van der Waals surface area contributed by atoms with Gasteiger partial charge in [-0.3, -0.25) is 0 Å². The molecular formula is C8H11F3N2O4. The van der Waals surface area contributed by atoms with Crippen molar-refractivity contribution in [1.29, 1.82) is 0 Å². The van der Waals surface area contributed by atoms with E-state index in [-0.39, 0.29) is 12.6 Å². The first-order valence-electron chi connectivity index (χ1n) is 4.29. The number of alkyl halides is 3. The molecule has 0 radical (unpaired) electrons. The fourth-order valence-corrected chi connectivity index (χ4v) is 0.604. The summed E-state index contributed by atoms with van der Waals surface area (Å²) >= 11 is 0. The Morgan fingerprint density at radius 1 is 1.65 bits per heavy atom. The van der Waals surface area contributed by atoms with E-state index in [2.05, 4.69) is 4.98 Å². The zero-order valence-electron chi connectivity index (χ0n) is 8.73. The van der Waals surface area contributed by atoms with Gasteiger partial charge in [-0.05, 0) is 6.92 Å². The summed E-state index contributed by atoms with van der Waals surface area (Å²) in [7, 11) is 0. The number of nitrogens with zero attached hydrogens (tertiary/aromatic N) is 1. The normalized spacial score (nSPS) is 12.6. The number of aliphatic carboxylic acids is 1. The van der Waals surface area contributed by atoms with Crippen molar-refractivity contribution in [3.05, 3.63) is 17.8 Å². The maximum atomic E-state index is 10.6. The molecule has 1 aromatic rings. The van der Waals surface area contributed by atoms with Gasteiger partial charge in [-0.1, -0.05) is 0 Å². The second kappa shape index (κ2) is 6.21. The quantitative estimate of drug-likeness (QED) is 0.722. The van der Waals surface area contributed by atoms with Gasteiger partial charge in [0.15, 0.2) is 0 Å². The van der Waals surface area contributed by atoms with Gasteiger partial charge in [0.05, 0.1) is 12.6 Å². The minimum atomic E-state index is -5.08. The first-order valence-corrected chi connectivity index (χ1v) is 4.29. The van der Waals surface area contributed by atoms with Gasteiger partial charge in [-0.15, -0.1) is 0 Å². The summed E-state index contributed by atoms with van der Waals surface area (Å²) in [6, 6.07) is -0.208. The molecule has 1 heterocycles. The second-order valence-electron chi connectivity index (χ2n) is 2.93. The monoisotopic (exact) mass is 256 g/mol. The molecule has 98 valence electrons. The average molecular weight is 256 g/mol. The summed E-state index contributed by atoms with van der Waals surface area (Å²) in [5, 5.41) is 15.7. The number of rotatable bonds is 2. The Morgan fingerprint density at radius 3 is 2.29 bits per heavy atom. The smallest absolute Gasteiger partial charge is 0.475 e. The van der Waals surface area contributed by atoms with Crippen LogP contribution in [0.2, 0.25) is 0 Å². The number of aromatic nitrogens is 1. The van der Waals surface area contributed by atoms with Gasteiger partial charge in [-0.25, -0.2) is 9.78 Å². The van der Waals surface area contributed by atoms with Crippen LogP contribution < -0.4 is 5.73 Å². The lowest BCUT2D eigenvalue weighted by Gasteiger charge is -1.94. The molecule has 6 nitrogen and oxygen atoms in total. The molecule has 0 aliphatic heterocycles. The lowest BCUT2D eigenvalue weighted by molar-refractivity contribution is -0.192. The van der Waals surface area contributed by atoms with Gasteiger partial charge in [0.2, 0.25) is 5.89 Å². The van der Waals surface area contributed by atoms with Gasteiger partial charge in [0.1, 0.15) is 12.0 Å². The molecule has 9 heteroatoms. The minimum absolute atomic E-state index is 0.101. The summed E-state index contributed by atoms with van der Waals surface area (Å²) in [5.74, 6) is -2.29. The van der Waals surface area contributed by atoms with E-state index in [9.17, 15) is 13.2 Å². The van der Waals surface area contributed by atoms with Crippen LogP contribution in [0, 0.1) is 0 Å². The molecule has 0 unspecified atom stereocenters. The van der Waals surface area contributed by atoms with Crippen molar-refractivity contribution in [3.63, 3.8) is 0 Å². The number of halogens is 3. The number of hydrogen-bond donors (Lipinski definition) is 3. The van der Waals surface area contributed by atoms with Crippen LogP contribution in [0.5, 0.6) is 0 Å². The molecule has 0 aromatic carbocycles. The Hall–Kier alpha value is -1.61. The molecule has 17 heavy (non-hydrogen) atoms. The van der Waals surface area contributed by atoms with E-state index in [1.54, 1.807) is 6.92 Å². The molecule has 0 fully saturated rings. The Balaban J connectivity index is 0.000000325. The zero-order valence-corrected chi connectivity index (χ0v) is 8.73. The zero-order chi connectivity index (χ0) is 13.6. The number of aliphatic hydroxyl groups excluding tert-OH is 1. The van der Waals surface area contributed by atoms with Crippen molar-refractivity contribution in [2.75, 3.05) is 0 Å². The Bertz CT molecular complexity index is 362. The highest BCUT2D eigenvalue weighted by Gasteiger charge is 2.38. The van der Waals surface area contributed by atoms with Crippen LogP contribution in [-0.2, 0) is 11.4 Å². The number of aliphatic hydroxyl groups is 1. The van der Waals surface area contributed by atoms with E-state index in [0.717, 1.165) is 0 Å². The number of carbonyl (C=O) groups is 1. The van der Waals surface area contributed by atoms with Crippen LogP contribution in [0.15, 0.2) is 10.7 Å². The number of carboxylic acids is 1. The van der Waals surface area contributed by atoms with Gasteiger partial charge in [0.25, 0.3) is 0 Å². The number of carboxylic acid groups (broad SMARTS) is 1. The third-order valence-electron chi connectivity index (χ3n) is 1.36. The predicted molar refractivity (Wildman–Crippen MR) is 48.7 cm³/mol. The maximum Gasteiger partial charge on any atom is 0.490 e. The molecule has 4 N–H and O–H groups in total. The predicted octanol–water partition coefficient (Wildman–Crippen LogP) is 0.820. The second-order valence-corrected chi connectivity index (χ2v) is 2.93. The number of nitrogens with two attached hydrogens (primary N) is 1. The highest BCUT2D eigenvalue weighted by Crippen LogP contribution is 2.13. The van der Waals surface area contributed by atoms with Crippen molar-refractivity contribution in [1.82, 2.24) is 4.98 Å². The number of hydrogen-bond acceptors (Lipinski definition) is 5. The Labute approximate surface area is 93.9 Å². The third kappa shape index (κ3) is 5.88. The first kappa shape index (κ1) is 15.4. The topological polar surface area (TPSA) is 110 Å². The molecule has 0 saturated heterocycles. The summed E-state index contributed by atoms with van der Waals surface area (Å²) in [6.07, 6.45) is -3.68. The Kier molecular flexibility index (Phi) is 5.62. The van der Waals surface area contributed by atoms with E-state index in [1.165, 1.54) is 6.26 Å². The van der Waals surface area contributed by atoms with Gasteiger partial charge >= 0.3 is 12.1 Å². The van der Waals surface area contributed by atoms with Crippen LogP contribution in [0.3, 0.4) is 0 Å². The van der Waals surface area contributed by atoms with E-state index in [1.807, 2.05) is 0 Å². The minimum Gasteiger partial charge on any atom is -0.475 e. The van der Waals surface area contributed by atoms with Crippen LogP contribution in [0.25, 0.3) is 0 Å². The lowest BCUT2D eigenvalue weighted by Crippen LogP contribution is -2.21. The van der Waals surface area contributed by atoms with Gasteiger partial charge in [-0.2, -0.15) is 13.2 Å². The molecule has 1 rings (SSSR count). The summed E-state index contributed by atoms with van der Waals surface area (Å²) in [5.41, 5.74) is 5.96. The first-order chi connectivity index (χ1) is 7.68. The summed E-state index contributed by atoms with van der Waals surface area (Å²) in [6.45, 7) is 1.67. The molecule has 0 amide bonds. The molecule has 0 spiro atoms. The molecule has 1 atom stereocenters. The van der Waals surface area contributed by atoms with E-state index < -0.39 is 12.1 Å². The number of oxazole rings is 1. The SMILES string of the molecule is C[C@@H](N)c1nc(CO)co1.O=C(O)C(F)(F)F. The van der Waals surface area contributed by atoms with Gasteiger partial charge in [0, 0.05) is 0 Å². The standard InChI is InChI=1S/C6H10N2O2.C2HF3O2/c1-4(7)6-8-5(2-9)3-10-6;3-2(4,5)1(6)7/h3-4,9H,2,7H2,1H3;(H,6,7)/t4-;/m1./s1. The largest absolute Gasteiger partial charge is 0.490 e. The molecule has 0 saturated carbocycles. The van der Waals surface area contributed by atoms with E-state index in [0.29, 0.717) is 11.6 Å². The van der Waals surface area contributed by atoms with Crippen molar-refractivity contribution in [2.45, 2.75) is 25.7 Å². The fourth-order valence-electron chi connectivity index (χ4n) is 0.604. The third-order valence-corrected chi connectivity index (χ3v) is 1.36. The maximum absolute atomic E-state index is 10.6. The van der Waals surface area contributed by atoms with Crippen molar-refractivity contribution in [3.8, 4) is 0 Å². The van der Waals surface area contributed by atoms with Crippen LogP contribution >= 0.6 is 0 Å². The van der Waals surface area contributed by atoms with Gasteiger partial charge < -0.3 is 20.4 Å². The molecule has 1 aromatic heterocycles.